The minimum absolute atomic E-state index is 0.00635. The predicted octanol–water partition coefficient (Wildman–Crippen LogP) is 3.38. The lowest BCUT2D eigenvalue weighted by Gasteiger charge is -2.24. The van der Waals surface area contributed by atoms with Gasteiger partial charge in [0.2, 0.25) is 5.95 Å². The number of nitrogens with zero attached hydrogens (tertiary/aromatic N) is 4. The maximum absolute atomic E-state index is 13.7. The van der Waals surface area contributed by atoms with Crippen molar-refractivity contribution in [3.05, 3.63) is 36.7 Å². The molecule has 4 rings (SSSR count). The van der Waals surface area contributed by atoms with E-state index in [1.165, 1.54) is 0 Å². The predicted molar refractivity (Wildman–Crippen MR) is 146 cm³/mol. The smallest absolute Gasteiger partial charge is 0.459 e. The molecule has 1 aliphatic rings. The number of hydrogen-bond donors (Lipinski definition) is 3. The van der Waals surface area contributed by atoms with E-state index in [1.807, 2.05) is 10.6 Å². The van der Waals surface area contributed by atoms with E-state index >= 15 is 0 Å². The van der Waals surface area contributed by atoms with Gasteiger partial charge in [-0.2, -0.15) is 15.1 Å². The quantitative estimate of drug-likeness (QED) is 0.218. The summed E-state index contributed by atoms with van der Waals surface area (Å²) < 4.78 is 38.7. The number of fused-ring (bicyclic) bond motifs is 1. The van der Waals surface area contributed by atoms with Crippen LogP contribution >= 0.6 is 7.75 Å². The summed E-state index contributed by atoms with van der Waals surface area (Å²) in [4.78, 5) is 25.3. The standard InChI is InChI=1S/C25H36N7O6P/c1-15(2)36-24(33)17(4)31-39(34,38-18-9-7-6-8-10-18)35-13-19-11-16(3)20(37-19)12-32-14-28-21-22(27-5)29-25(26)30-23(21)32/h6-10,14-17,19-20H,11-13H2,1-5H3,(H,31,34)(H3,26,27,29,30)/t16-,17-,19-,20-,39?/m0/s1. The zero-order valence-electron chi connectivity index (χ0n) is 22.7. The van der Waals surface area contributed by atoms with Crippen molar-refractivity contribution in [2.24, 2.45) is 5.92 Å². The first kappa shape index (κ1) is 28.8. The van der Waals surface area contributed by atoms with E-state index in [0.717, 1.165) is 0 Å². The van der Waals surface area contributed by atoms with E-state index in [0.29, 0.717) is 35.7 Å². The van der Waals surface area contributed by atoms with Gasteiger partial charge in [-0.05, 0) is 45.2 Å². The van der Waals surface area contributed by atoms with Crippen LogP contribution in [0.15, 0.2) is 36.7 Å². The average molecular weight is 562 g/mol. The van der Waals surface area contributed by atoms with Crippen LogP contribution in [0.5, 0.6) is 5.75 Å². The Labute approximate surface area is 227 Å². The highest BCUT2D eigenvalue weighted by Gasteiger charge is 2.37. The third kappa shape index (κ3) is 7.24. The molecular weight excluding hydrogens is 525 g/mol. The molecule has 3 aromatic rings. The fourth-order valence-corrected chi connectivity index (χ4v) is 5.83. The highest BCUT2D eigenvalue weighted by atomic mass is 31.2. The second-order valence-electron chi connectivity index (χ2n) is 9.79. The molecule has 5 atom stereocenters. The van der Waals surface area contributed by atoms with E-state index in [-0.39, 0.29) is 36.8 Å². The van der Waals surface area contributed by atoms with Gasteiger partial charge >= 0.3 is 13.7 Å². The topological polar surface area (TPSA) is 165 Å². The molecule has 3 heterocycles. The van der Waals surface area contributed by atoms with E-state index in [2.05, 4.69) is 32.3 Å². The number of ether oxygens (including phenoxy) is 2. The number of para-hydroxylation sites is 1. The van der Waals surface area contributed by atoms with Crippen LogP contribution < -0.4 is 20.7 Å². The van der Waals surface area contributed by atoms with E-state index < -0.39 is 19.8 Å². The third-order valence-corrected chi connectivity index (χ3v) is 7.83. The summed E-state index contributed by atoms with van der Waals surface area (Å²) in [5, 5.41) is 5.69. The first-order chi connectivity index (χ1) is 18.6. The molecule has 13 nitrogen and oxygen atoms in total. The molecule has 0 saturated carbocycles. The molecule has 0 bridgehead atoms. The van der Waals surface area contributed by atoms with Gasteiger partial charge in [0.15, 0.2) is 17.0 Å². The molecule has 0 aliphatic carbocycles. The number of carbonyl (C=O) groups excluding carboxylic acids is 1. The van der Waals surface area contributed by atoms with Gasteiger partial charge in [0.05, 0.1) is 37.8 Å². The molecule has 0 amide bonds. The van der Waals surface area contributed by atoms with Gasteiger partial charge < -0.3 is 29.6 Å². The van der Waals surface area contributed by atoms with Crippen LogP contribution in [0.4, 0.5) is 11.8 Å². The molecule has 1 saturated heterocycles. The molecule has 212 valence electrons. The van der Waals surface area contributed by atoms with Crippen LogP contribution in [0.25, 0.3) is 11.2 Å². The van der Waals surface area contributed by atoms with Gasteiger partial charge in [-0.3, -0.25) is 9.32 Å². The molecule has 1 unspecified atom stereocenters. The molecule has 0 radical (unpaired) electrons. The number of rotatable bonds is 12. The van der Waals surface area contributed by atoms with Crippen molar-refractivity contribution in [2.45, 2.75) is 65.0 Å². The molecule has 1 aromatic carbocycles. The summed E-state index contributed by atoms with van der Waals surface area (Å²) in [7, 11) is -2.23. The molecule has 0 spiro atoms. The number of carbonyl (C=O) groups is 1. The molecule has 1 fully saturated rings. The van der Waals surface area contributed by atoms with Crippen LogP contribution in [0.2, 0.25) is 0 Å². The third-order valence-electron chi connectivity index (χ3n) is 6.19. The number of nitrogens with two attached hydrogens (primary N) is 1. The van der Waals surface area contributed by atoms with Crippen molar-refractivity contribution >= 4 is 36.6 Å². The number of nitrogen functional groups attached to an aromatic ring is 1. The second-order valence-corrected chi connectivity index (χ2v) is 11.5. The van der Waals surface area contributed by atoms with E-state index in [4.69, 9.17) is 24.3 Å². The Morgan fingerprint density at radius 1 is 1.26 bits per heavy atom. The monoisotopic (exact) mass is 561 g/mol. The minimum atomic E-state index is -3.97. The Kier molecular flexibility index (Phi) is 9.06. The fraction of sp³-hybridized carbons (Fsp3) is 0.520. The fourth-order valence-electron chi connectivity index (χ4n) is 4.31. The Balaban J connectivity index is 1.43. The van der Waals surface area contributed by atoms with Crippen molar-refractivity contribution in [1.82, 2.24) is 24.6 Å². The lowest BCUT2D eigenvalue weighted by molar-refractivity contribution is -0.149. The summed E-state index contributed by atoms with van der Waals surface area (Å²) in [6.45, 7) is 7.59. The van der Waals surface area contributed by atoms with Gasteiger partial charge in [-0.15, -0.1) is 0 Å². The summed E-state index contributed by atoms with van der Waals surface area (Å²) in [5.41, 5.74) is 7.10. The van der Waals surface area contributed by atoms with Gasteiger partial charge in [0.25, 0.3) is 0 Å². The molecule has 1 aliphatic heterocycles. The first-order valence-electron chi connectivity index (χ1n) is 12.9. The van der Waals surface area contributed by atoms with Crippen LogP contribution in [0.3, 0.4) is 0 Å². The number of nitrogens with one attached hydrogen (secondary N) is 2. The Bertz CT molecular complexity index is 1320. The maximum Gasteiger partial charge on any atom is 0.459 e. The Morgan fingerprint density at radius 2 is 2.00 bits per heavy atom. The number of anilines is 2. The largest absolute Gasteiger partial charge is 0.462 e. The van der Waals surface area contributed by atoms with Crippen molar-refractivity contribution in [3.63, 3.8) is 0 Å². The summed E-state index contributed by atoms with van der Waals surface area (Å²) in [5.74, 6) is 0.645. The van der Waals surface area contributed by atoms with Gasteiger partial charge in [-0.1, -0.05) is 25.1 Å². The first-order valence-corrected chi connectivity index (χ1v) is 14.4. The average Bonchev–Trinajstić information content (AvgIpc) is 3.45. The molecule has 14 heteroatoms. The summed E-state index contributed by atoms with van der Waals surface area (Å²) in [6.07, 6.45) is 1.52. The molecule has 2 aromatic heterocycles. The minimum Gasteiger partial charge on any atom is -0.462 e. The zero-order chi connectivity index (χ0) is 28.2. The SMILES string of the molecule is CNc1nc(N)nc2c1ncn2C[C@@H]1O[C@H](COP(=O)(N[C@@H](C)C(=O)OC(C)C)Oc2ccccc2)C[C@@H]1C. The number of aromatic nitrogens is 4. The van der Waals surface area contributed by atoms with Gasteiger partial charge in [0.1, 0.15) is 11.8 Å². The Hall–Kier alpha value is -3.25. The molecule has 4 N–H and O–H groups in total. The lowest BCUT2D eigenvalue weighted by atomic mass is 10.0. The van der Waals surface area contributed by atoms with Crippen molar-refractivity contribution in [3.8, 4) is 5.75 Å². The number of imidazole rings is 1. The summed E-state index contributed by atoms with van der Waals surface area (Å²) >= 11 is 0. The number of benzene rings is 1. The molecular formula is C25H36N7O6P. The highest BCUT2D eigenvalue weighted by molar-refractivity contribution is 7.52. The van der Waals surface area contributed by atoms with E-state index in [1.54, 1.807) is 58.4 Å². The lowest BCUT2D eigenvalue weighted by Crippen LogP contribution is -2.36. The maximum atomic E-state index is 13.7. The summed E-state index contributed by atoms with van der Waals surface area (Å²) in [6, 6.07) is 7.70. The van der Waals surface area contributed by atoms with Crippen molar-refractivity contribution in [1.29, 1.82) is 0 Å². The van der Waals surface area contributed by atoms with Crippen LogP contribution in [0, 0.1) is 5.92 Å². The van der Waals surface area contributed by atoms with Gasteiger partial charge in [0, 0.05) is 7.05 Å². The van der Waals surface area contributed by atoms with Crippen LogP contribution in [0.1, 0.15) is 34.1 Å². The van der Waals surface area contributed by atoms with E-state index in [9.17, 15) is 9.36 Å². The second kappa shape index (κ2) is 12.3. The van der Waals surface area contributed by atoms with Gasteiger partial charge in [-0.25, -0.2) is 9.55 Å². The van der Waals surface area contributed by atoms with Crippen LogP contribution in [-0.2, 0) is 29.9 Å². The number of hydrogen-bond acceptors (Lipinski definition) is 11. The van der Waals surface area contributed by atoms with Crippen molar-refractivity contribution < 1.29 is 27.9 Å². The Morgan fingerprint density at radius 3 is 2.69 bits per heavy atom. The number of esters is 1. The zero-order valence-corrected chi connectivity index (χ0v) is 23.6. The van der Waals surface area contributed by atoms with Crippen LogP contribution in [-0.4, -0.2) is 63.5 Å². The van der Waals surface area contributed by atoms with Crippen molar-refractivity contribution in [2.75, 3.05) is 24.7 Å². The highest BCUT2D eigenvalue weighted by Crippen LogP contribution is 2.46. The molecule has 39 heavy (non-hydrogen) atoms. The normalized spacial score (nSPS) is 21.5.